The molecule has 0 spiro atoms. The van der Waals surface area contributed by atoms with Crippen LogP contribution >= 0.6 is 0 Å². The molecule has 1 fully saturated rings. The van der Waals surface area contributed by atoms with E-state index in [0.717, 1.165) is 18.4 Å². The molecule has 4 heteroatoms. The minimum absolute atomic E-state index is 0.115. The molecule has 1 aromatic carbocycles. The summed E-state index contributed by atoms with van der Waals surface area (Å²) in [6, 6.07) is 9.68. The van der Waals surface area contributed by atoms with Crippen molar-refractivity contribution in [1.29, 1.82) is 0 Å². The molecule has 2 amide bonds. The van der Waals surface area contributed by atoms with Gasteiger partial charge in [0.15, 0.2) is 0 Å². The average Bonchev–Trinajstić information content (AvgIpc) is 2.80. The lowest BCUT2D eigenvalue weighted by Crippen LogP contribution is -2.42. The first-order valence-electron chi connectivity index (χ1n) is 7.17. The fourth-order valence-electron chi connectivity index (χ4n) is 2.56. The summed E-state index contributed by atoms with van der Waals surface area (Å²) in [6.45, 7) is 4.20. The van der Waals surface area contributed by atoms with Gasteiger partial charge in [-0.1, -0.05) is 50.6 Å². The van der Waals surface area contributed by atoms with Gasteiger partial charge in [-0.05, 0) is 18.4 Å². The van der Waals surface area contributed by atoms with Gasteiger partial charge in [0.05, 0.1) is 6.04 Å². The molecule has 1 aliphatic heterocycles. The van der Waals surface area contributed by atoms with Crippen molar-refractivity contribution in [2.75, 3.05) is 6.61 Å². The normalized spacial score (nSPS) is 19.8. The van der Waals surface area contributed by atoms with Crippen molar-refractivity contribution in [2.45, 2.75) is 39.2 Å². The molecule has 2 rings (SSSR count). The highest BCUT2D eigenvalue weighted by Gasteiger charge is 2.39. The lowest BCUT2D eigenvalue weighted by atomic mass is 10.0. The summed E-state index contributed by atoms with van der Waals surface area (Å²) >= 11 is 0. The van der Waals surface area contributed by atoms with E-state index in [1.807, 2.05) is 44.2 Å². The van der Waals surface area contributed by atoms with Crippen LogP contribution in [0.25, 0.3) is 0 Å². The summed E-state index contributed by atoms with van der Waals surface area (Å²) in [7, 11) is 0. The predicted octanol–water partition coefficient (Wildman–Crippen LogP) is 3.01. The molecule has 1 unspecified atom stereocenters. The van der Waals surface area contributed by atoms with Gasteiger partial charge in [-0.15, -0.1) is 0 Å². The number of imide groups is 1. The van der Waals surface area contributed by atoms with Crippen LogP contribution < -0.4 is 0 Å². The second kappa shape index (κ2) is 6.55. The van der Waals surface area contributed by atoms with Crippen LogP contribution in [0.4, 0.5) is 4.79 Å². The third-order valence-electron chi connectivity index (χ3n) is 3.66. The number of ether oxygens (including phenoxy) is 1. The van der Waals surface area contributed by atoms with Crippen LogP contribution in [0.1, 0.15) is 32.3 Å². The molecule has 1 heterocycles. The molecule has 0 N–H and O–H groups in total. The Labute approximate surface area is 119 Å². The van der Waals surface area contributed by atoms with Crippen molar-refractivity contribution < 1.29 is 14.3 Å². The zero-order valence-electron chi connectivity index (χ0n) is 12.0. The summed E-state index contributed by atoms with van der Waals surface area (Å²) < 4.78 is 5.07. The van der Waals surface area contributed by atoms with Gasteiger partial charge >= 0.3 is 6.09 Å². The van der Waals surface area contributed by atoms with Gasteiger partial charge in [-0.3, -0.25) is 4.79 Å². The van der Waals surface area contributed by atoms with Crippen molar-refractivity contribution in [2.24, 2.45) is 5.92 Å². The Balaban J connectivity index is 2.08. The number of carbonyl (C=O) groups is 2. The smallest absolute Gasteiger partial charge is 0.416 e. The van der Waals surface area contributed by atoms with Crippen LogP contribution in [0.5, 0.6) is 0 Å². The van der Waals surface area contributed by atoms with Crippen molar-refractivity contribution in [1.82, 2.24) is 4.90 Å². The Morgan fingerprint density at radius 1 is 1.40 bits per heavy atom. The van der Waals surface area contributed by atoms with E-state index < -0.39 is 6.09 Å². The number of hydrogen-bond acceptors (Lipinski definition) is 3. The summed E-state index contributed by atoms with van der Waals surface area (Å²) in [4.78, 5) is 25.5. The number of amides is 2. The Morgan fingerprint density at radius 3 is 2.75 bits per heavy atom. The Kier molecular flexibility index (Phi) is 4.77. The molecule has 2 atom stereocenters. The molecule has 0 bridgehead atoms. The van der Waals surface area contributed by atoms with Crippen molar-refractivity contribution >= 4 is 12.0 Å². The molecule has 1 saturated heterocycles. The number of rotatable bonds is 5. The van der Waals surface area contributed by atoms with Gasteiger partial charge in [0, 0.05) is 5.92 Å². The summed E-state index contributed by atoms with van der Waals surface area (Å²) in [5.74, 6) is -0.251. The van der Waals surface area contributed by atoms with E-state index in [2.05, 4.69) is 0 Å². The van der Waals surface area contributed by atoms with E-state index >= 15 is 0 Å². The first kappa shape index (κ1) is 14.6. The quantitative estimate of drug-likeness (QED) is 0.830. The van der Waals surface area contributed by atoms with Gasteiger partial charge in [-0.2, -0.15) is 0 Å². The number of benzene rings is 1. The van der Waals surface area contributed by atoms with E-state index in [1.54, 1.807) is 0 Å². The van der Waals surface area contributed by atoms with Crippen LogP contribution in [0, 0.1) is 5.92 Å². The topological polar surface area (TPSA) is 46.6 Å². The Morgan fingerprint density at radius 2 is 2.10 bits per heavy atom. The van der Waals surface area contributed by atoms with Crippen molar-refractivity contribution in [3.8, 4) is 0 Å². The molecule has 0 aromatic heterocycles. The number of hydrogen-bond donors (Lipinski definition) is 0. The molecule has 0 aliphatic carbocycles. The second-order valence-corrected chi connectivity index (χ2v) is 5.32. The minimum atomic E-state index is -0.501. The van der Waals surface area contributed by atoms with E-state index in [9.17, 15) is 9.59 Å². The first-order chi connectivity index (χ1) is 9.63. The van der Waals surface area contributed by atoms with E-state index in [1.165, 1.54) is 4.90 Å². The van der Waals surface area contributed by atoms with Crippen LogP contribution in [-0.2, 0) is 16.0 Å². The molecule has 0 saturated carbocycles. The lowest BCUT2D eigenvalue weighted by Gasteiger charge is -2.22. The van der Waals surface area contributed by atoms with Crippen molar-refractivity contribution in [3.63, 3.8) is 0 Å². The summed E-state index contributed by atoms with van der Waals surface area (Å²) in [5, 5.41) is 0. The largest absolute Gasteiger partial charge is 0.447 e. The van der Waals surface area contributed by atoms with Crippen LogP contribution in [0.2, 0.25) is 0 Å². The third kappa shape index (κ3) is 3.18. The fourth-order valence-corrected chi connectivity index (χ4v) is 2.56. The number of cyclic esters (lactones) is 1. The monoisotopic (exact) mass is 275 g/mol. The molecular weight excluding hydrogens is 254 g/mol. The molecule has 4 nitrogen and oxygen atoms in total. The zero-order chi connectivity index (χ0) is 14.5. The van der Waals surface area contributed by atoms with E-state index in [-0.39, 0.29) is 24.5 Å². The maximum atomic E-state index is 12.4. The van der Waals surface area contributed by atoms with Crippen molar-refractivity contribution in [3.05, 3.63) is 35.9 Å². The number of carbonyl (C=O) groups excluding carboxylic acids is 2. The minimum Gasteiger partial charge on any atom is -0.447 e. The molecular formula is C16H21NO3. The van der Waals surface area contributed by atoms with Gasteiger partial charge < -0.3 is 4.74 Å². The van der Waals surface area contributed by atoms with E-state index in [0.29, 0.717) is 6.42 Å². The average molecular weight is 275 g/mol. The maximum absolute atomic E-state index is 12.4. The van der Waals surface area contributed by atoms with E-state index in [4.69, 9.17) is 4.74 Å². The summed E-state index contributed by atoms with van der Waals surface area (Å²) in [6.07, 6.45) is 1.87. The van der Waals surface area contributed by atoms with Crippen LogP contribution in [0.15, 0.2) is 30.3 Å². The zero-order valence-corrected chi connectivity index (χ0v) is 12.0. The summed E-state index contributed by atoms with van der Waals surface area (Å²) in [5.41, 5.74) is 1.11. The molecule has 0 radical (unpaired) electrons. The number of nitrogens with zero attached hydrogens (tertiary/aromatic N) is 1. The fraction of sp³-hybridized carbons (Fsp3) is 0.500. The Hall–Kier alpha value is -1.84. The van der Waals surface area contributed by atoms with Gasteiger partial charge in [0.2, 0.25) is 5.91 Å². The third-order valence-corrected chi connectivity index (χ3v) is 3.66. The second-order valence-electron chi connectivity index (χ2n) is 5.32. The maximum Gasteiger partial charge on any atom is 0.416 e. The van der Waals surface area contributed by atoms with Gasteiger partial charge in [0.1, 0.15) is 6.61 Å². The van der Waals surface area contributed by atoms with Gasteiger partial charge in [0.25, 0.3) is 0 Å². The molecule has 108 valence electrons. The molecule has 1 aliphatic rings. The highest BCUT2D eigenvalue weighted by Crippen LogP contribution is 2.21. The Bertz CT molecular complexity index is 472. The first-order valence-corrected chi connectivity index (χ1v) is 7.17. The van der Waals surface area contributed by atoms with Gasteiger partial charge in [-0.25, -0.2) is 9.69 Å². The highest BCUT2D eigenvalue weighted by molar-refractivity contribution is 5.94. The lowest BCUT2D eigenvalue weighted by molar-refractivity contribution is -0.133. The highest BCUT2D eigenvalue weighted by atomic mass is 16.6. The molecule has 1 aromatic rings. The SMILES string of the molecule is CCC[C@@H](C)C(=O)N1C(=O)OCC1Cc1ccccc1. The van der Waals surface area contributed by atoms with Crippen LogP contribution in [0.3, 0.4) is 0 Å². The van der Waals surface area contributed by atoms with Crippen LogP contribution in [-0.4, -0.2) is 29.5 Å². The standard InChI is InChI=1S/C16H21NO3/c1-3-7-12(2)15(18)17-14(11-20-16(17)19)10-13-8-5-4-6-9-13/h4-6,8-9,12,14H,3,7,10-11H2,1-2H3/t12-,14?/m1/s1. The molecule has 20 heavy (non-hydrogen) atoms. The predicted molar refractivity (Wildman–Crippen MR) is 76.2 cm³/mol.